The van der Waals surface area contributed by atoms with Crippen LogP contribution in [0.25, 0.3) is 27.6 Å². The van der Waals surface area contributed by atoms with Crippen molar-refractivity contribution in [3.8, 4) is 17.3 Å². The Labute approximate surface area is 323 Å². The number of ether oxygens (including phenoxy) is 1. The SMILES string of the molecule is CC(C)(c1ccccc1)c1cc(N2C=CN(c3cccc(Oc4ccc5c6ccccc6n(-c6ccccn6)c5c4)c3)C2)cc(C(C)(C)c2ccccc2)c1. The van der Waals surface area contributed by atoms with Gasteiger partial charge in [0.2, 0.25) is 0 Å². The number of nitrogens with zero attached hydrogens (tertiary/aromatic N) is 4. The first-order chi connectivity index (χ1) is 26.8. The zero-order valence-corrected chi connectivity index (χ0v) is 31.7. The van der Waals surface area contributed by atoms with Gasteiger partial charge in [-0.05, 0) is 76.9 Å². The van der Waals surface area contributed by atoms with Gasteiger partial charge in [-0.15, -0.1) is 0 Å². The first kappa shape index (κ1) is 34.2. The second-order valence-corrected chi connectivity index (χ2v) is 15.4. The summed E-state index contributed by atoms with van der Waals surface area (Å²) >= 11 is 0. The van der Waals surface area contributed by atoms with E-state index in [1.54, 1.807) is 0 Å². The number of pyridine rings is 1. The minimum atomic E-state index is -0.192. The minimum absolute atomic E-state index is 0.192. The summed E-state index contributed by atoms with van der Waals surface area (Å²) in [6.07, 6.45) is 6.18. The van der Waals surface area contributed by atoms with E-state index in [-0.39, 0.29) is 10.8 Å². The van der Waals surface area contributed by atoms with Crippen LogP contribution in [0.1, 0.15) is 49.9 Å². The van der Waals surface area contributed by atoms with Crippen molar-refractivity contribution in [2.24, 2.45) is 0 Å². The molecular formula is C50H44N4O. The molecule has 8 aromatic rings. The van der Waals surface area contributed by atoms with Crippen molar-refractivity contribution in [2.75, 3.05) is 16.5 Å². The van der Waals surface area contributed by atoms with Gasteiger partial charge in [-0.25, -0.2) is 4.98 Å². The third-order valence-corrected chi connectivity index (χ3v) is 11.3. The Hall–Kier alpha value is -6.59. The lowest BCUT2D eigenvalue weighted by Gasteiger charge is -2.33. The van der Waals surface area contributed by atoms with E-state index in [9.17, 15) is 0 Å². The minimum Gasteiger partial charge on any atom is -0.457 e. The van der Waals surface area contributed by atoms with E-state index in [1.807, 2.05) is 30.5 Å². The van der Waals surface area contributed by atoms with E-state index >= 15 is 0 Å². The van der Waals surface area contributed by atoms with Crippen molar-refractivity contribution in [2.45, 2.75) is 38.5 Å². The van der Waals surface area contributed by atoms with Gasteiger partial charge in [-0.1, -0.05) is 125 Å². The van der Waals surface area contributed by atoms with Crippen molar-refractivity contribution in [3.05, 3.63) is 205 Å². The standard InChI is InChI=1S/C50H44N4O/c1-49(2,36-16-7-5-8-17-36)38-30-39(50(3,4)37-18-9-6-10-19-37)32-41(31-38)53-29-28-52(35-53)40-20-15-21-42(33-40)55-43-25-26-45-44-22-11-12-23-46(44)54(47(45)34-43)48-24-13-14-27-51-48/h5-34H,35H2,1-4H3. The number of para-hydroxylation sites is 1. The first-order valence-corrected chi connectivity index (χ1v) is 19.0. The molecule has 0 aliphatic carbocycles. The molecule has 0 spiro atoms. The van der Waals surface area contributed by atoms with E-state index in [1.165, 1.54) is 33.3 Å². The van der Waals surface area contributed by atoms with Crippen LogP contribution < -0.4 is 14.5 Å². The van der Waals surface area contributed by atoms with Gasteiger partial charge in [-0.3, -0.25) is 4.57 Å². The number of rotatable bonds is 9. The summed E-state index contributed by atoms with van der Waals surface area (Å²) in [6.45, 7) is 9.99. The molecule has 5 heteroatoms. The second-order valence-electron chi connectivity index (χ2n) is 15.4. The quantitative estimate of drug-likeness (QED) is 0.149. The monoisotopic (exact) mass is 716 g/mol. The fraction of sp³-hybridized carbons (Fsp3) is 0.140. The molecule has 55 heavy (non-hydrogen) atoms. The van der Waals surface area contributed by atoms with Crippen molar-refractivity contribution in [3.63, 3.8) is 0 Å². The van der Waals surface area contributed by atoms with E-state index in [0.717, 1.165) is 39.4 Å². The Kier molecular flexibility index (Phi) is 8.50. The van der Waals surface area contributed by atoms with E-state index < -0.39 is 0 Å². The Bertz CT molecular complexity index is 2590. The Morgan fingerprint density at radius 1 is 0.473 bits per heavy atom. The van der Waals surface area contributed by atoms with Gasteiger partial charge in [0, 0.05) is 63.7 Å². The van der Waals surface area contributed by atoms with Crippen LogP contribution in [-0.2, 0) is 10.8 Å². The average molecular weight is 717 g/mol. The molecule has 1 aliphatic rings. The smallest absolute Gasteiger partial charge is 0.137 e. The molecule has 3 heterocycles. The number of fused-ring (bicyclic) bond motifs is 3. The van der Waals surface area contributed by atoms with Crippen LogP contribution in [0.15, 0.2) is 182 Å². The number of benzene rings is 6. The lowest BCUT2D eigenvalue weighted by atomic mass is 9.73. The lowest BCUT2D eigenvalue weighted by Crippen LogP contribution is -2.27. The first-order valence-electron chi connectivity index (χ1n) is 19.0. The molecule has 1 aliphatic heterocycles. The molecule has 5 nitrogen and oxygen atoms in total. The van der Waals surface area contributed by atoms with Crippen LogP contribution in [0.3, 0.4) is 0 Å². The predicted octanol–water partition coefficient (Wildman–Crippen LogP) is 12.4. The fourth-order valence-corrected chi connectivity index (χ4v) is 7.90. The van der Waals surface area contributed by atoms with Gasteiger partial charge in [0.1, 0.15) is 17.3 Å². The zero-order chi connectivity index (χ0) is 37.6. The van der Waals surface area contributed by atoms with Crippen LogP contribution in [-0.4, -0.2) is 16.2 Å². The van der Waals surface area contributed by atoms with Crippen molar-refractivity contribution in [1.82, 2.24) is 9.55 Å². The topological polar surface area (TPSA) is 33.5 Å². The van der Waals surface area contributed by atoms with Crippen molar-refractivity contribution < 1.29 is 4.74 Å². The van der Waals surface area contributed by atoms with Gasteiger partial charge in [0.25, 0.3) is 0 Å². The molecule has 9 rings (SSSR count). The molecular weight excluding hydrogens is 673 g/mol. The molecule has 2 aromatic heterocycles. The molecule has 0 saturated carbocycles. The summed E-state index contributed by atoms with van der Waals surface area (Å²) in [5.41, 5.74) is 9.18. The summed E-state index contributed by atoms with van der Waals surface area (Å²) in [7, 11) is 0. The molecule has 0 N–H and O–H groups in total. The molecule has 0 saturated heterocycles. The summed E-state index contributed by atoms with van der Waals surface area (Å²) in [5, 5.41) is 2.35. The Balaban J connectivity index is 1.02. The number of anilines is 2. The lowest BCUT2D eigenvalue weighted by molar-refractivity contribution is 0.483. The van der Waals surface area contributed by atoms with Gasteiger partial charge in [-0.2, -0.15) is 0 Å². The van der Waals surface area contributed by atoms with E-state index in [2.05, 4.69) is 199 Å². The highest BCUT2D eigenvalue weighted by molar-refractivity contribution is 6.09. The van der Waals surface area contributed by atoms with Gasteiger partial charge in [0.15, 0.2) is 0 Å². The Morgan fingerprint density at radius 3 is 1.75 bits per heavy atom. The zero-order valence-electron chi connectivity index (χ0n) is 31.7. The molecule has 0 radical (unpaired) electrons. The van der Waals surface area contributed by atoms with Crippen molar-refractivity contribution >= 4 is 33.2 Å². The predicted molar refractivity (Wildman–Crippen MR) is 228 cm³/mol. The van der Waals surface area contributed by atoms with Gasteiger partial charge in [0.05, 0.1) is 17.7 Å². The normalized spacial score (nSPS) is 13.2. The fourth-order valence-electron chi connectivity index (χ4n) is 7.90. The summed E-state index contributed by atoms with van der Waals surface area (Å²) < 4.78 is 8.79. The maximum Gasteiger partial charge on any atom is 0.137 e. The van der Waals surface area contributed by atoms with Crippen LogP contribution in [0.5, 0.6) is 11.5 Å². The maximum absolute atomic E-state index is 6.58. The number of aromatic nitrogens is 2. The summed E-state index contributed by atoms with van der Waals surface area (Å²) in [4.78, 5) is 9.30. The summed E-state index contributed by atoms with van der Waals surface area (Å²) in [6, 6.07) is 57.9. The van der Waals surface area contributed by atoms with Crippen LogP contribution in [0.2, 0.25) is 0 Å². The highest BCUT2D eigenvalue weighted by atomic mass is 16.5. The summed E-state index contributed by atoms with van der Waals surface area (Å²) in [5.74, 6) is 2.43. The maximum atomic E-state index is 6.58. The van der Waals surface area contributed by atoms with Gasteiger partial charge < -0.3 is 14.5 Å². The highest BCUT2D eigenvalue weighted by Crippen LogP contribution is 2.41. The van der Waals surface area contributed by atoms with Crippen LogP contribution in [0, 0.1) is 0 Å². The Morgan fingerprint density at radius 2 is 1.07 bits per heavy atom. The third-order valence-electron chi connectivity index (χ3n) is 11.3. The molecule has 270 valence electrons. The number of hydrogen-bond acceptors (Lipinski definition) is 4. The molecule has 0 amide bonds. The van der Waals surface area contributed by atoms with Gasteiger partial charge >= 0.3 is 0 Å². The molecule has 0 fully saturated rings. The third kappa shape index (κ3) is 6.32. The largest absolute Gasteiger partial charge is 0.457 e. The molecule has 0 unspecified atom stereocenters. The molecule has 0 atom stereocenters. The van der Waals surface area contributed by atoms with E-state index in [4.69, 9.17) is 4.74 Å². The number of hydrogen-bond donors (Lipinski definition) is 0. The van der Waals surface area contributed by atoms with Crippen LogP contribution in [0.4, 0.5) is 11.4 Å². The molecule has 6 aromatic carbocycles. The highest BCUT2D eigenvalue weighted by Gasteiger charge is 2.30. The average Bonchev–Trinajstić information content (AvgIpc) is 3.86. The van der Waals surface area contributed by atoms with Crippen LogP contribution >= 0.6 is 0 Å². The van der Waals surface area contributed by atoms with Crippen molar-refractivity contribution in [1.29, 1.82) is 0 Å². The molecule has 0 bridgehead atoms. The second kappa shape index (κ2) is 13.7. The van der Waals surface area contributed by atoms with E-state index in [0.29, 0.717) is 6.67 Å².